The Hall–Kier alpha value is -2.33. The van der Waals surface area contributed by atoms with Crippen molar-refractivity contribution in [3.63, 3.8) is 0 Å². The Morgan fingerprint density at radius 1 is 1.10 bits per heavy atom. The van der Waals surface area contributed by atoms with Crippen molar-refractivity contribution in [3.8, 4) is 0 Å². The Morgan fingerprint density at radius 3 is 2.48 bits per heavy atom. The number of rotatable bonds is 5. The summed E-state index contributed by atoms with van der Waals surface area (Å²) in [6.07, 6.45) is 0. The van der Waals surface area contributed by atoms with Gasteiger partial charge < -0.3 is 10.5 Å². The molecule has 0 spiro atoms. The van der Waals surface area contributed by atoms with E-state index < -0.39 is 5.97 Å². The molecule has 0 aliphatic rings. The molecule has 0 saturated heterocycles. The molecule has 110 valence electrons. The van der Waals surface area contributed by atoms with E-state index in [1.807, 2.05) is 37.4 Å². The fourth-order valence-electron chi connectivity index (χ4n) is 2.34. The predicted octanol–water partition coefficient (Wildman–Crippen LogP) is 2.69. The molecule has 0 atom stereocenters. The molecule has 0 amide bonds. The smallest absolute Gasteiger partial charge is 0.340 e. The monoisotopic (exact) mass is 284 g/mol. The van der Waals surface area contributed by atoms with Gasteiger partial charge in [-0.25, -0.2) is 4.79 Å². The highest BCUT2D eigenvalue weighted by molar-refractivity contribution is 5.96. The van der Waals surface area contributed by atoms with Gasteiger partial charge in [-0.05, 0) is 24.2 Å². The Kier molecular flexibility index (Phi) is 4.95. The van der Waals surface area contributed by atoms with Crippen molar-refractivity contribution in [2.24, 2.45) is 0 Å². The van der Waals surface area contributed by atoms with Gasteiger partial charge in [-0.1, -0.05) is 42.5 Å². The lowest BCUT2D eigenvalue weighted by molar-refractivity contribution is 0.0599. The standard InChI is InChI=1S/C17H20N2O2/c1-19(11-13-7-4-3-5-8-13)12-14-9-6-10-15(18)16(14)17(20)21-2/h3-10H,11-12,18H2,1-2H3. The number of esters is 1. The summed E-state index contributed by atoms with van der Waals surface area (Å²) in [7, 11) is 3.38. The number of ether oxygens (including phenoxy) is 1. The van der Waals surface area contributed by atoms with Gasteiger partial charge in [-0.2, -0.15) is 0 Å². The van der Waals surface area contributed by atoms with Gasteiger partial charge in [0.25, 0.3) is 0 Å². The number of nitrogens with two attached hydrogens (primary N) is 1. The molecule has 4 heteroatoms. The first kappa shape index (κ1) is 15.1. The zero-order chi connectivity index (χ0) is 15.2. The Morgan fingerprint density at radius 2 is 1.81 bits per heavy atom. The summed E-state index contributed by atoms with van der Waals surface area (Å²) in [6.45, 7) is 1.43. The summed E-state index contributed by atoms with van der Waals surface area (Å²) in [5.74, 6) is -0.392. The van der Waals surface area contributed by atoms with Crippen molar-refractivity contribution in [2.45, 2.75) is 13.1 Å². The molecule has 0 radical (unpaired) electrons. The number of anilines is 1. The van der Waals surface area contributed by atoms with E-state index in [0.717, 1.165) is 12.1 Å². The molecule has 2 aromatic carbocycles. The van der Waals surface area contributed by atoms with Crippen LogP contribution in [0.1, 0.15) is 21.5 Å². The molecule has 4 nitrogen and oxygen atoms in total. The summed E-state index contributed by atoms with van der Waals surface area (Å²) in [5, 5.41) is 0. The van der Waals surface area contributed by atoms with Crippen LogP contribution in [0.15, 0.2) is 48.5 Å². The summed E-state index contributed by atoms with van der Waals surface area (Å²) in [4.78, 5) is 14.0. The molecular weight excluding hydrogens is 264 g/mol. The summed E-state index contributed by atoms with van der Waals surface area (Å²) in [5.41, 5.74) is 8.92. The molecule has 21 heavy (non-hydrogen) atoms. The van der Waals surface area contributed by atoms with Crippen molar-refractivity contribution in [2.75, 3.05) is 19.9 Å². The predicted molar refractivity (Wildman–Crippen MR) is 83.8 cm³/mol. The van der Waals surface area contributed by atoms with Gasteiger partial charge in [-0.3, -0.25) is 4.90 Å². The van der Waals surface area contributed by atoms with Crippen molar-refractivity contribution in [1.29, 1.82) is 0 Å². The highest BCUT2D eigenvalue weighted by Crippen LogP contribution is 2.20. The molecule has 0 aliphatic carbocycles. The summed E-state index contributed by atoms with van der Waals surface area (Å²) < 4.78 is 4.82. The van der Waals surface area contributed by atoms with Crippen LogP contribution in [0.25, 0.3) is 0 Å². The molecular formula is C17H20N2O2. The number of methoxy groups -OCH3 is 1. The molecule has 0 unspecified atom stereocenters. The Labute approximate surface area is 125 Å². The van der Waals surface area contributed by atoms with E-state index in [-0.39, 0.29) is 0 Å². The average Bonchev–Trinajstić information content (AvgIpc) is 2.47. The third kappa shape index (κ3) is 3.83. The second-order valence-electron chi connectivity index (χ2n) is 5.03. The number of carbonyl (C=O) groups excluding carboxylic acids is 1. The molecule has 0 aromatic heterocycles. The van der Waals surface area contributed by atoms with Gasteiger partial charge in [0, 0.05) is 18.8 Å². The number of nitrogen functional groups attached to an aromatic ring is 1. The minimum absolute atomic E-state index is 0.392. The highest BCUT2D eigenvalue weighted by atomic mass is 16.5. The average molecular weight is 284 g/mol. The van der Waals surface area contributed by atoms with Crippen LogP contribution in [-0.4, -0.2) is 25.0 Å². The Bertz CT molecular complexity index is 611. The largest absolute Gasteiger partial charge is 0.465 e. The first-order chi connectivity index (χ1) is 10.1. The van der Waals surface area contributed by atoms with Crippen LogP contribution in [0, 0.1) is 0 Å². The molecule has 0 bridgehead atoms. The van der Waals surface area contributed by atoms with Crippen molar-refractivity contribution in [3.05, 3.63) is 65.2 Å². The van der Waals surface area contributed by atoms with E-state index in [4.69, 9.17) is 10.5 Å². The molecule has 0 heterocycles. The van der Waals surface area contributed by atoms with Gasteiger partial charge in [0.2, 0.25) is 0 Å². The second-order valence-corrected chi connectivity index (χ2v) is 5.03. The maximum Gasteiger partial charge on any atom is 0.340 e. The van der Waals surface area contributed by atoms with Gasteiger partial charge >= 0.3 is 5.97 Å². The van der Waals surface area contributed by atoms with Crippen LogP contribution in [0.2, 0.25) is 0 Å². The minimum atomic E-state index is -0.392. The van der Waals surface area contributed by atoms with Gasteiger partial charge in [0.15, 0.2) is 0 Å². The molecule has 2 rings (SSSR count). The maximum atomic E-state index is 11.9. The molecule has 2 aromatic rings. The lowest BCUT2D eigenvalue weighted by Gasteiger charge is -2.19. The van der Waals surface area contributed by atoms with Gasteiger partial charge in [-0.15, -0.1) is 0 Å². The van der Waals surface area contributed by atoms with Crippen LogP contribution in [0.3, 0.4) is 0 Å². The molecule has 0 saturated carbocycles. The molecule has 0 aliphatic heterocycles. The highest BCUT2D eigenvalue weighted by Gasteiger charge is 2.16. The number of hydrogen-bond donors (Lipinski definition) is 1. The van der Waals surface area contributed by atoms with Crippen molar-refractivity contribution < 1.29 is 9.53 Å². The SMILES string of the molecule is COC(=O)c1c(N)cccc1CN(C)Cc1ccccc1. The third-order valence-corrected chi connectivity index (χ3v) is 3.31. The van der Waals surface area contributed by atoms with Crippen LogP contribution >= 0.6 is 0 Å². The van der Waals surface area contributed by atoms with Crippen LogP contribution in [-0.2, 0) is 17.8 Å². The van der Waals surface area contributed by atoms with Crippen molar-refractivity contribution in [1.82, 2.24) is 4.90 Å². The fourth-order valence-corrected chi connectivity index (χ4v) is 2.34. The number of nitrogens with zero attached hydrogens (tertiary/aromatic N) is 1. The lowest BCUT2D eigenvalue weighted by atomic mass is 10.0. The second kappa shape index (κ2) is 6.90. The maximum absolute atomic E-state index is 11.9. The van der Waals surface area contributed by atoms with E-state index in [0.29, 0.717) is 17.8 Å². The summed E-state index contributed by atoms with van der Waals surface area (Å²) in [6, 6.07) is 15.7. The lowest BCUT2D eigenvalue weighted by Crippen LogP contribution is -2.20. The first-order valence-electron chi connectivity index (χ1n) is 6.80. The number of benzene rings is 2. The zero-order valence-electron chi connectivity index (χ0n) is 12.4. The van der Waals surface area contributed by atoms with E-state index >= 15 is 0 Å². The number of hydrogen-bond acceptors (Lipinski definition) is 4. The van der Waals surface area contributed by atoms with E-state index in [1.54, 1.807) is 6.07 Å². The van der Waals surface area contributed by atoms with E-state index in [1.165, 1.54) is 12.7 Å². The van der Waals surface area contributed by atoms with Gasteiger partial charge in [0.1, 0.15) is 0 Å². The van der Waals surface area contributed by atoms with E-state index in [9.17, 15) is 4.79 Å². The topological polar surface area (TPSA) is 55.6 Å². The third-order valence-electron chi connectivity index (χ3n) is 3.31. The van der Waals surface area contributed by atoms with Crippen LogP contribution in [0.5, 0.6) is 0 Å². The zero-order valence-corrected chi connectivity index (χ0v) is 12.4. The molecule has 0 fully saturated rings. The van der Waals surface area contributed by atoms with Crippen molar-refractivity contribution >= 4 is 11.7 Å². The number of carbonyl (C=O) groups is 1. The van der Waals surface area contributed by atoms with Gasteiger partial charge in [0.05, 0.1) is 12.7 Å². The van der Waals surface area contributed by atoms with Crippen LogP contribution in [0.4, 0.5) is 5.69 Å². The molecule has 2 N–H and O–H groups in total. The Balaban J connectivity index is 2.16. The normalized spacial score (nSPS) is 10.6. The summed E-state index contributed by atoms with van der Waals surface area (Å²) >= 11 is 0. The first-order valence-corrected chi connectivity index (χ1v) is 6.80. The van der Waals surface area contributed by atoms with E-state index in [2.05, 4.69) is 17.0 Å². The fraction of sp³-hybridized carbons (Fsp3) is 0.235. The van der Waals surface area contributed by atoms with Crippen LogP contribution < -0.4 is 5.73 Å². The minimum Gasteiger partial charge on any atom is -0.465 e. The quantitative estimate of drug-likeness (QED) is 0.677.